The van der Waals surface area contributed by atoms with E-state index in [0.717, 1.165) is 11.1 Å². The van der Waals surface area contributed by atoms with E-state index in [1.165, 1.54) is 72.6 Å². The summed E-state index contributed by atoms with van der Waals surface area (Å²) in [5.41, 5.74) is 19.3. The van der Waals surface area contributed by atoms with Crippen LogP contribution in [-0.2, 0) is 5.41 Å². The van der Waals surface area contributed by atoms with Gasteiger partial charge in [0.1, 0.15) is 0 Å². The van der Waals surface area contributed by atoms with E-state index in [-0.39, 0.29) is 5.41 Å². The van der Waals surface area contributed by atoms with Gasteiger partial charge in [-0.2, -0.15) is 5.26 Å². The monoisotopic (exact) mass is 550 g/mol. The first-order chi connectivity index (χ1) is 21.1. The van der Waals surface area contributed by atoms with Crippen LogP contribution in [0.2, 0.25) is 0 Å². The molecule has 0 amide bonds. The maximum absolute atomic E-state index is 7.10. The molecule has 2 aliphatic rings. The van der Waals surface area contributed by atoms with E-state index >= 15 is 0 Å². The number of hydrogen-bond acceptors (Lipinski definition) is 2. The predicted octanol–water partition coefficient (Wildman–Crippen LogP) is 9.87. The molecule has 0 saturated heterocycles. The van der Waals surface area contributed by atoms with Crippen LogP contribution in [0.4, 0.5) is 0 Å². The van der Waals surface area contributed by atoms with Crippen LogP contribution in [0.1, 0.15) is 34.7 Å². The minimum atomic E-state index is -0.357. The molecule has 0 fully saturated rings. The molecule has 0 bridgehead atoms. The second kappa shape index (κ2) is 10.3. The zero-order chi connectivity index (χ0) is 29.6. The molecule has 8 rings (SSSR count). The van der Waals surface area contributed by atoms with Crippen molar-refractivity contribution in [2.75, 3.05) is 0 Å². The van der Waals surface area contributed by atoms with Crippen LogP contribution in [0, 0.1) is 11.5 Å². The molecule has 2 aliphatic carbocycles. The van der Waals surface area contributed by atoms with E-state index < -0.39 is 0 Å². The molecule has 43 heavy (non-hydrogen) atoms. The molecule has 0 unspecified atom stereocenters. The summed E-state index contributed by atoms with van der Waals surface area (Å²) < 4.78 is 0. The first-order valence-electron chi connectivity index (χ1n) is 14.5. The Labute approximate surface area is 252 Å². The molecule has 1 spiro atoms. The van der Waals surface area contributed by atoms with Crippen molar-refractivity contribution < 1.29 is 0 Å². The minimum absolute atomic E-state index is 0.357. The molecular weight excluding hydrogens is 520 g/mol. The summed E-state index contributed by atoms with van der Waals surface area (Å²) in [4.78, 5) is 0. The Kier molecular flexibility index (Phi) is 6.30. The Morgan fingerprint density at radius 3 is 2.05 bits per heavy atom. The molecular formula is C41H30N2. The smallest absolute Gasteiger partial charge is 0.173 e. The van der Waals surface area contributed by atoms with Crippen molar-refractivity contribution in [2.45, 2.75) is 12.3 Å². The first-order valence-corrected chi connectivity index (χ1v) is 14.5. The molecule has 2 nitrogen and oxygen atoms in total. The second-order valence-corrected chi connectivity index (χ2v) is 11.0. The average Bonchev–Trinajstić information content (AvgIpc) is 3.52. The summed E-state index contributed by atoms with van der Waals surface area (Å²) in [5.74, 6) is 0. The van der Waals surface area contributed by atoms with E-state index in [0.29, 0.717) is 0 Å². The number of hydrogen-bond donors (Lipinski definition) is 1. The highest BCUT2D eigenvalue weighted by Crippen LogP contribution is 2.64. The number of nitrogens with two attached hydrogens (primary N) is 1. The molecule has 0 saturated carbocycles. The number of nitriles is 1. The van der Waals surface area contributed by atoms with Crippen molar-refractivity contribution in [2.24, 2.45) is 5.73 Å². The van der Waals surface area contributed by atoms with E-state index in [4.69, 9.17) is 5.26 Å². The molecule has 6 aromatic carbocycles. The zero-order valence-corrected chi connectivity index (χ0v) is 24.0. The number of rotatable bonds is 3. The fourth-order valence-corrected chi connectivity index (χ4v) is 7.28. The van der Waals surface area contributed by atoms with Crippen molar-refractivity contribution in [3.8, 4) is 39.6 Å². The Balaban J connectivity index is 0.000000963. The van der Waals surface area contributed by atoms with Crippen molar-refractivity contribution in [1.82, 2.24) is 0 Å². The SMILES string of the molecule is C=C(/C=C\C)c1cccc(-c2ccc3c(c2)C2(c4ccccc4-c4ccccc42)c2ccc4ccccc4c2-3)c1.N#CN. The maximum atomic E-state index is 7.10. The van der Waals surface area contributed by atoms with Gasteiger partial charge < -0.3 is 5.73 Å². The number of nitrogens with zero attached hydrogens (tertiary/aromatic N) is 1. The minimum Gasteiger partial charge on any atom is -0.337 e. The third-order valence-electron chi connectivity index (χ3n) is 8.91. The van der Waals surface area contributed by atoms with Gasteiger partial charge in [-0.05, 0) is 96.6 Å². The lowest BCUT2D eigenvalue weighted by molar-refractivity contribution is 0.795. The van der Waals surface area contributed by atoms with Gasteiger partial charge in [0.05, 0.1) is 5.41 Å². The van der Waals surface area contributed by atoms with Gasteiger partial charge in [-0.1, -0.05) is 134 Å². The van der Waals surface area contributed by atoms with Gasteiger partial charge in [-0.25, -0.2) is 0 Å². The quantitative estimate of drug-likeness (QED) is 0.135. The van der Waals surface area contributed by atoms with Crippen LogP contribution in [0.25, 0.3) is 49.7 Å². The van der Waals surface area contributed by atoms with Crippen LogP contribution in [0.3, 0.4) is 0 Å². The second-order valence-electron chi connectivity index (χ2n) is 11.0. The highest BCUT2D eigenvalue weighted by Gasteiger charge is 2.51. The summed E-state index contributed by atoms with van der Waals surface area (Å²) in [6.45, 7) is 6.32. The van der Waals surface area contributed by atoms with Gasteiger partial charge in [0.15, 0.2) is 6.19 Å². The van der Waals surface area contributed by atoms with Gasteiger partial charge in [0.2, 0.25) is 0 Å². The Morgan fingerprint density at radius 1 is 0.674 bits per heavy atom. The van der Waals surface area contributed by atoms with E-state index in [1.54, 1.807) is 0 Å². The lowest BCUT2D eigenvalue weighted by Crippen LogP contribution is -2.25. The Morgan fingerprint density at radius 2 is 1.33 bits per heavy atom. The van der Waals surface area contributed by atoms with Crippen LogP contribution in [0.15, 0.2) is 146 Å². The summed E-state index contributed by atoms with van der Waals surface area (Å²) in [7, 11) is 0. The van der Waals surface area contributed by atoms with Gasteiger partial charge in [-0.3, -0.25) is 0 Å². The molecule has 204 valence electrons. The van der Waals surface area contributed by atoms with Crippen LogP contribution >= 0.6 is 0 Å². The zero-order valence-electron chi connectivity index (χ0n) is 24.0. The third-order valence-corrected chi connectivity index (χ3v) is 8.91. The van der Waals surface area contributed by atoms with Gasteiger partial charge >= 0.3 is 0 Å². The molecule has 0 heterocycles. The predicted molar refractivity (Wildman–Crippen MR) is 179 cm³/mol. The van der Waals surface area contributed by atoms with E-state index in [1.807, 2.05) is 13.0 Å². The first kappa shape index (κ1) is 26.3. The van der Waals surface area contributed by atoms with E-state index in [9.17, 15) is 0 Å². The number of benzene rings is 6. The van der Waals surface area contributed by atoms with E-state index in [2.05, 4.69) is 146 Å². The highest BCUT2D eigenvalue weighted by molar-refractivity contribution is 6.06. The van der Waals surface area contributed by atoms with Crippen molar-refractivity contribution in [1.29, 1.82) is 5.26 Å². The largest absolute Gasteiger partial charge is 0.337 e. The fraction of sp³-hybridized carbons (Fsp3) is 0.0488. The lowest BCUT2D eigenvalue weighted by atomic mass is 9.70. The van der Waals surface area contributed by atoms with Gasteiger partial charge in [-0.15, -0.1) is 0 Å². The maximum Gasteiger partial charge on any atom is 0.173 e. The molecule has 0 radical (unpaired) electrons. The summed E-state index contributed by atoms with van der Waals surface area (Å²) in [5, 5.41) is 9.69. The van der Waals surface area contributed by atoms with Crippen LogP contribution in [0.5, 0.6) is 0 Å². The van der Waals surface area contributed by atoms with Gasteiger partial charge in [0, 0.05) is 0 Å². The summed E-state index contributed by atoms with van der Waals surface area (Å²) in [6.07, 6.45) is 5.37. The highest BCUT2D eigenvalue weighted by atomic mass is 14.5. The average molecular weight is 551 g/mol. The molecule has 2 N–H and O–H groups in total. The lowest BCUT2D eigenvalue weighted by Gasteiger charge is -2.31. The van der Waals surface area contributed by atoms with Crippen molar-refractivity contribution >= 4 is 16.3 Å². The summed E-state index contributed by atoms with van der Waals surface area (Å²) in [6, 6.07) is 47.4. The van der Waals surface area contributed by atoms with Crippen LogP contribution in [-0.4, -0.2) is 0 Å². The van der Waals surface area contributed by atoms with Crippen LogP contribution < -0.4 is 5.73 Å². The molecule has 0 atom stereocenters. The standard InChI is InChI=1S/C40H28.CH2N2/c1-3-11-26(2)28-13-10-14-29(24-28)30-20-22-34-38(25-30)40(37-23-21-27-12-4-5-15-31(27)39(34)37)35-18-8-6-16-32(35)33-17-7-9-19-36(33)40;2-1-3/h3-25H,2H2,1H3;2H2/b11-3-;. The van der Waals surface area contributed by atoms with Gasteiger partial charge in [0.25, 0.3) is 0 Å². The van der Waals surface area contributed by atoms with Crippen molar-refractivity contribution in [3.05, 3.63) is 174 Å². The Hall–Kier alpha value is -5.65. The summed E-state index contributed by atoms with van der Waals surface area (Å²) >= 11 is 0. The number of allylic oxidation sites excluding steroid dienone is 3. The molecule has 2 heteroatoms. The fourth-order valence-electron chi connectivity index (χ4n) is 7.28. The topological polar surface area (TPSA) is 49.8 Å². The molecule has 6 aromatic rings. The number of fused-ring (bicyclic) bond motifs is 12. The Bertz CT molecular complexity index is 2090. The van der Waals surface area contributed by atoms with Crippen molar-refractivity contribution in [3.63, 3.8) is 0 Å². The molecule has 0 aliphatic heterocycles. The normalized spacial score (nSPS) is 13.0. The molecule has 0 aromatic heterocycles. The third kappa shape index (κ3) is 3.79.